The number of carbonyl (C=O) groups is 1. The summed E-state index contributed by atoms with van der Waals surface area (Å²) in [5.41, 5.74) is 6.00. The van der Waals surface area contributed by atoms with E-state index in [0.29, 0.717) is 39.5 Å². The SMILES string of the molecule is CC.CC(=O)NCCOCCOCCO.Cc1ccc(C2=NCc3nnc(C)n3-c3sc(C)c(C)c32)cc1. The van der Waals surface area contributed by atoms with E-state index >= 15 is 0 Å². The highest BCUT2D eigenvalue weighted by Gasteiger charge is 2.26. The Bertz CT molecular complexity index is 1180. The van der Waals surface area contributed by atoms with Gasteiger partial charge < -0.3 is 19.9 Å². The van der Waals surface area contributed by atoms with E-state index in [9.17, 15) is 4.79 Å². The smallest absolute Gasteiger partial charge is 0.216 e. The highest BCUT2D eigenvalue weighted by molar-refractivity contribution is 7.15. The molecule has 0 saturated heterocycles. The summed E-state index contributed by atoms with van der Waals surface area (Å²) in [5, 5.41) is 20.7. The fraction of sp³-hybridized carbons (Fsp3) is 0.500. The molecule has 3 aromatic rings. The molecule has 0 radical (unpaired) electrons. The van der Waals surface area contributed by atoms with Crippen LogP contribution in [0.2, 0.25) is 0 Å². The Balaban J connectivity index is 0.000000291. The minimum Gasteiger partial charge on any atom is -0.394 e. The molecule has 1 aliphatic rings. The van der Waals surface area contributed by atoms with Crippen LogP contribution in [0, 0.1) is 27.7 Å². The second-order valence-electron chi connectivity index (χ2n) is 8.42. The second kappa shape index (κ2) is 16.1. The number of ether oxygens (including phenoxy) is 2. The first kappa shape index (κ1) is 31.3. The summed E-state index contributed by atoms with van der Waals surface area (Å²) in [6, 6.07) is 8.60. The van der Waals surface area contributed by atoms with E-state index in [2.05, 4.69) is 65.1 Å². The first-order valence-electron chi connectivity index (χ1n) is 13.0. The summed E-state index contributed by atoms with van der Waals surface area (Å²) in [7, 11) is 0. The molecule has 208 valence electrons. The van der Waals surface area contributed by atoms with E-state index in [4.69, 9.17) is 19.6 Å². The van der Waals surface area contributed by atoms with Crippen LogP contribution in [0.4, 0.5) is 0 Å². The molecule has 3 heterocycles. The Morgan fingerprint density at radius 1 is 1.03 bits per heavy atom. The first-order chi connectivity index (χ1) is 18.3. The second-order valence-corrected chi connectivity index (χ2v) is 9.63. The number of rotatable bonds is 9. The molecule has 0 spiro atoms. The van der Waals surface area contributed by atoms with Gasteiger partial charge in [0.2, 0.25) is 5.91 Å². The number of benzene rings is 1. The highest BCUT2D eigenvalue weighted by atomic mass is 32.1. The predicted molar refractivity (Wildman–Crippen MR) is 153 cm³/mol. The normalized spacial score (nSPS) is 11.6. The fourth-order valence-corrected chi connectivity index (χ4v) is 4.91. The third-order valence-corrected chi connectivity index (χ3v) is 6.82. The molecule has 0 bridgehead atoms. The Kier molecular flexibility index (Phi) is 13.3. The standard InChI is InChI=1S/C18H18N4S.C8H17NO4.C2H6/c1-10-5-7-14(8-6-10)17-16-11(2)12(3)23-18(16)22-13(4)20-21-15(22)9-19-17;1-8(11)9-2-4-12-6-7-13-5-3-10;1-2/h5-8H,9H2,1-4H3;10H,2-7H2,1H3,(H,9,11);1-2H3. The molecular weight excluding hydrogens is 502 g/mol. The van der Waals surface area contributed by atoms with Gasteiger partial charge in [-0.1, -0.05) is 43.7 Å². The van der Waals surface area contributed by atoms with Crippen LogP contribution in [-0.4, -0.2) is 71.1 Å². The van der Waals surface area contributed by atoms with Crippen LogP contribution in [0.25, 0.3) is 5.00 Å². The maximum absolute atomic E-state index is 10.4. The Morgan fingerprint density at radius 3 is 2.32 bits per heavy atom. The van der Waals surface area contributed by atoms with Gasteiger partial charge in [-0.2, -0.15) is 0 Å². The zero-order valence-electron chi connectivity index (χ0n) is 23.6. The van der Waals surface area contributed by atoms with Crippen molar-refractivity contribution in [3.63, 3.8) is 0 Å². The van der Waals surface area contributed by atoms with Crippen molar-refractivity contribution in [2.75, 3.05) is 39.6 Å². The summed E-state index contributed by atoms with van der Waals surface area (Å²) < 4.78 is 12.2. The number of aryl methyl sites for hydroxylation is 3. The Morgan fingerprint density at radius 2 is 1.68 bits per heavy atom. The van der Waals surface area contributed by atoms with Gasteiger partial charge in [-0.3, -0.25) is 14.4 Å². The molecule has 0 aliphatic carbocycles. The highest BCUT2D eigenvalue weighted by Crippen LogP contribution is 2.36. The number of fused-ring (bicyclic) bond motifs is 3. The molecule has 38 heavy (non-hydrogen) atoms. The number of thiophene rings is 1. The van der Waals surface area contributed by atoms with E-state index < -0.39 is 0 Å². The third-order valence-electron chi connectivity index (χ3n) is 5.63. The number of aliphatic hydroxyl groups is 1. The van der Waals surface area contributed by atoms with Gasteiger partial charge >= 0.3 is 0 Å². The van der Waals surface area contributed by atoms with Crippen LogP contribution in [0.15, 0.2) is 29.3 Å². The molecule has 9 nitrogen and oxygen atoms in total. The van der Waals surface area contributed by atoms with Crippen molar-refractivity contribution < 1.29 is 19.4 Å². The Hall–Kier alpha value is -2.92. The molecule has 4 rings (SSSR count). The van der Waals surface area contributed by atoms with Gasteiger partial charge in [-0.25, -0.2) is 0 Å². The number of aliphatic imine (C=N–C) groups is 1. The minimum absolute atomic E-state index is 0.0336. The molecular formula is C28H41N5O4S. The quantitative estimate of drug-likeness (QED) is 0.394. The summed E-state index contributed by atoms with van der Waals surface area (Å²) in [6.07, 6.45) is 0. The van der Waals surface area contributed by atoms with Crippen LogP contribution in [0.5, 0.6) is 0 Å². The maximum atomic E-state index is 10.4. The molecule has 10 heteroatoms. The van der Waals surface area contributed by atoms with Gasteiger partial charge in [0.15, 0.2) is 5.82 Å². The summed E-state index contributed by atoms with van der Waals surface area (Å²) in [6.45, 7) is 16.8. The van der Waals surface area contributed by atoms with E-state index in [1.54, 1.807) is 11.3 Å². The van der Waals surface area contributed by atoms with Crippen molar-refractivity contribution in [1.29, 1.82) is 0 Å². The van der Waals surface area contributed by atoms with Crippen molar-refractivity contribution in [1.82, 2.24) is 20.1 Å². The van der Waals surface area contributed by atoms with E-state index in [1.807, 2.05) is 20.8 Å². The molecule has 0 atom stereocenters. The fourth-order valence-electron chi connectivity index (χ4n) is 3.68. The van der Waals surface area contributed by atoms with Crippen molar-refractivity contribution in [3.05, 3.63) is 63.0 Å². The number of hydrogen-bond acceptors (Lipinski definition) is 8. The van der Waals surface area contributed by atoms with Crippen molar-refractivity contribution >= 4 is 23.0 Å². The van der Waals surface area contributed by atoms with E-state index in [-0.39, 0.29) is 12.5 Å². The van der Waals surface area contributed by atoms with E-state index in [1.165, 1.54) is 33.5 Å². The van der Waals surface area contributed by atoms with Gasteiger partial charge in [0.05, 0.1) is 38.7 Å². The number of aliphatic hydroxyl groups excluding tert-OH is 1. The summed E-state index contributed by atoms with van der Waals surface area (Å²) in [5.74, 6) is 1.77. The number of nitrogens with zero attached hydrogens (tertiary/aromatic N) is 4. The van der Waals surface area contributed by atoms with Crippen LogP contribution in [0.1, 0.15) is 59.6 Å². The number of nitrogens with one attached hydrogen (secondary N) is 1. The Labute approximate surface area is 229 Å². The predicted octanol–water partition coefficient (Wildman–Crippen LogP) is 4.09. The van der Waals surface area contributed by atoms with Crippen molar-refractivity contribution in [2.45, 2.75) is 55.0 Å². The van der Waals surface area contributed by atoms with Crippen molar-refractivity contribution in [2.24, 2.45) is 4.99 Å². The average molecular weight is 544 g/mol. The van der Waals surface area contributed by atoms with Gasteiger partial charge in [-0.05, 0) is 33.3 Å². The lowest BCUT2D eigenvalue weighted by Crippen LogP contribution is -2.25. The molecule has 1 amide bonds. The van der Waals surface area contributed by atoms with Crippen LogP contribution >= 0.6 is 11.3 Å². The topological polar surface area (TPSA) is 111 Å². The lowest BCUT2D eigenvalue weighted by molar-refractivity contribution is -0.119. The zero-order valence-corrected chi connectivity index (χ0v) is 24.4. The minimum atomic E-state index is -0.0554. The van der Waals surface area contributed by atoms with Crippen molar-refractivity contribution in [3.8, 4) is 5.00 Å². The largest absolute Gasteiger partial charge is 0.394 e. The number of aromatic nitrogens is 3. The van der Waals surface area contributed by atoms with Crippen LogP contribution < -0.4 is 5.32 Å². The first-order valence-corrected chi connectivity index (χ1v) is 13.8. The monoisotopic (exact) mass is 543 g/mol. The number of carbonyl (C=O) groups excluding carboxylic acids is 1. The molecule has 1 aliphatic heterocycles. The van der Waals surface area contributed by atoms with Gasteiger partial charge in [0, 0.05) is 29.5 Å². The van der Waals surface area contributed by atoms with E-state index in [0.717, 1.165) is 22.9 Å². The molecule has 0 saturated carbocycles. The molecule has 0 unspecified atom stereocenters. The third kappa shape index (κ3) is 8.56. The zero-order chi connectivity index (χ0) is 28.1. The molecule has 0 fully saturated rings. The lowest BCUT2D eigenvalue weighted by atomic mass is 9.99. The maximum Gasteiger partial charge on any atom is 0.216 e. The molecule has 2 N–H and O–H groups in total. The lowest BCUT2D eigenvalue weighted by Gasteiger charge is -2.09. The molecule has 2 aromatic heterocycles. The molecule has 1 aromatic carbocycles. The van der Waals surface area contributed by atoms with Gasteiger partial charge in [0.25, 0.3) is 0 Å². The average Bonchev–Trinajstić information content (AvgIpc) is 3.35. The van der Waals surface area contributed by atoms with Crippen LogP contribution in [0.3, 0.4) is 0 Å². The van der Waals surface area contributed by atoms with Crippen LogP contribution in [-0.2, 0) is 20.8 Å². The van der Waals surface area contributed by atoms with Gasteiger partial charge in [0.1, 0.15) is 17.4 Å². The number of amides is 1. The summed E-state index contributed by atoms with van der Waals surface area (Å²) >= 11 is 1.80. The summed E-state index contributed by atoms with van der Waals surface area (Å²) in [4.78, 5) is 16.6. The van der Waals surface area contributed by atoms with Gasteiger partial charge in [-0.15, -0.1) is 21.5 Å². The number of hydrogen-bond donors (Lipinski definition) is 2.